The van der Waals surface area contributed by atoms with E-state index in [0.29, 0.717) is 32.0 Å². The molecule has 2 aliphatic rings. The molecule has 2 heterocycles. The lowest BCUT2D eigenvalue weighted by molar-refractivity contribution is -0.136. The molecule has 2 unspecified atom stereocenters. The van der Waals surface area contributed by atoms with Gasteiger partial charge in [-0.25, -0.2) is 0 Å². The van der Waals surface area contributed by atoms with Crippen molar-refractivity contribution in [1.82, 2.24) is 4.90 Å². The van der Waals surface area contributed by atoms with Crippen molar-refractivity contribution in [1.29, 1.82) is 0 Å². The van der Waals surface area contributed by atoms with Crippen LogP contribution in [-0.2, 0) is 9.59 Å². The first-order chi connectivity index (χ1) is 15.5. The Morgan fingerprint density at radius 3 is 2.41 bits per heavy atom. The molecule has 0 aromatic heterocycles. The van der Waals surface area contributed by atoms with Crippen LogP contribution in [0.25, 0.3) is 0 Å². The van der Waals surface area contributed by atoms with E-state index in [1.54, 1.807) is 7.11 Å². The number of rotatable bonds is 6. The molecule has 2 aromatic rings. The zero-order valence-corrected chi connectivity index (χ0v) is 19.3. The smallest absolute Gasteiger partial charge is 0.228 e. The number of amides is 2. The van der Waals surface area contributed by atoms with Crippen LogP contribution in [0, 0.1) is 5.92 Å². The van der Waals surface area contributed by atoms with Crippen molar-refractivity contribution in [3.63, 3.8) is 0 Å². The van der Waals surface area contributed by atoms with Crippen molar-refractivity contribution in [3.8, 4) is 5.75 Å². The number of hydrogen-bond donors (Lipinski definition) is 0. The van der Waals surface area contributed by atoms with E-state index >= 15 is 0 Å². The SMILES string of the molecule is CCC(C)c1ccccc1N1CC(C(=O)N2CCN(c3ccc(OC)cc3)CC2)CC1=O. The first-order valence-electron chi connectivity index (χ1n) is 11.6. The van der Waals surface area contributed by atoms with E-state index in [4.69, 9.17) is 4.74 Å². The van der Waals surface area contributed by atoms with E-state index < -0.39 is 0 Å². The van der Waals surface area contributed by atoms with E-state index in [2.05, 4.69) is 36.9 Å². The fourth-order valence-electron chi connectivity index (χ4n) is 4.71. The molecular formula is C26H33N3O3. The van der Waals surface area contributed by atoms with Crippen molar-refractivity contribution >= 4 is 23.2 Å². The second-order valence-electron chi connectivity index (χ2n) is 8.78. The number of nitrogens with zero attached hydrogens (tertiary/aromatic N) is 3. The fourth-order valence-corrected chi connectivity index (χ4v) is 4.71. The summed E-state index contributed by atoms with van der Waals surface area (Å²) in [5, 5.41) is 0. The average Bonchev–Trinajstić information content (AvgIpc) is 3.24. The molecule has 2 fully saturated rings. The van der Waals surface area contributed by atoms with Crippen molar-refractivity contribution < 1.29 is 14.3 Å². The molecule has 6 heteroatoms. The highest BCUT2D eigenvalue weighted by molar-refractivity contribution is 6.01. The molecule has 4 rings (SSSR count). The Balaban J connectivity index is 1.38. The normalized spacial score (nSPS) is 19.9. The molecule has 0 aliphatic carbocycles. The summed E-state index contributed by atoms with van der Waals surface area (Å²) in [6.07, 6.45) is 1.31. The van der Waals surface area contributed by atoms with Crippen molar-refractivity contribution in [2.24, 2.45) is 5.92 Å². The molecule has 2 aromatic carbocycles. The number of hydrogen-bond acceptors (Lipinski definition) is 4. The van der Waals surface area contributed by atoms with Crippen molar-refractivity contribution in [2.75, 3.05) is 49.6 Å². The van der Waals surface area contributed by atoms with E-state index in [9.17, 15) is 9.59 Å². The molecule has 2 atom stereocenters. The van der Waals surface area contributed by atoms with E-state index in [0.717, 1.165) is 36.6 Å². The maximum atomic E-state index is 13.2. The molecule has 0 bridgehead atoms. The van der Waals surface area contributed by atoms with Crippen molar-refractivity contribution in [3.05, 3.63) is 54.1 Å². The van der Waals surface area contributed by atoms with Crippen LogP contribution < -0.4 is 14.5 Å². The fraction of sp³-hybridized carbons (Fsp3) is 0.462. The van der Waals surface area contributed by atoms with Crippen LogP contribution in [0.3, 0.4) is 0 Å². The Morgan fingerprint density at radius 2 is 1.75 bits per heavy atom. The Bertz CT molecular complexity index is 951. The number of para-hydroxylation sites is 1. The van der Waals surface area contributed by atoms with Gasteiger partial charge in [0.2, 0.25) is 11.8 Å². The van der Waals surface area contributed by atoms with E-state index in [-0.39, 0.29) is 17.7 Å². The molecule has 2 aliphatic heterocycles. The minimum atomic E-state index is -0.264. The van der Waals surface area contributed by atoms with Gasteiger partial charge in [0.25, 0.3) is 0 Å². The minimum Gasteiger partial charge on any atom is -0.497 e. The molecule has 2 saturated heterocycles. The second kappa shape index (κ2) is 9.63. The van der Waals surface area contributed by atoms with Crippen LogP contribution in [-0.4, -0.2) is 56.5 Å². The summed E-state index contributed by atoms with van der Waals surface area (Å²) in [5.41, 5.74) is 3.29. The molecule has 6 nitrogen and oxygen atoms in total. The number of anilines is 2. The maximum absolute atomic E-state index is 13.2. The number of methoxy groups -OCH3 is 1. The van der Waals surface area contributed by atoms with Gasteiger partial charge in [-0.1, -0.05) is 32.0 Å². The summed E-state index contributed by atoms with van der Waals surface area (Å²) in [6, 6.07) is 16.1. The van der Waals surface area contributed by atoms with Crippen LogP contribution in [0.5, 0.6) is 5.75 Å². The van der Waals surface area contributed by atoms with Crippen LogP contribution in [0.4, 0.5) is 11.4 Å². The summed E-state index contributed by atoms with van der Waals surface area (Å²) in [7, 11) is 1.66. The van der Waals surface area contributed by atoms with Gasteiger partial charge >= 0.3 is 0 Å². The number of piperazine rings is 1. The topological polar surface area (TPSA) is 53.1 Å². The number of carbonyl (C=O) groups is 2. The van der Waals surface area contributed by atoms with Gasteiger partial charge in [-0.2, -0.15) is 0 Å². The standard InChI is InChI=1S/C26H33N3O3/c1-4-19(2)23-7-5-6-8-24(23)29-18-20(17-25(29)30)26(31)28-15-13-27(14-16-28)21-9-11-22(32-3)12-10-21/h5-12,19-20H,4,13-18H2,1-3H3. The highest BCUT2D eigenvalue weighted by Gasteiger charge is 2.38. The number of ether oxygens (including phenoxy) is 1. The third-order valence-corrected chi connectivity index (χ3v) is 6.87. The molecule has 0 N–H and O–H groups in total. The molecule has 0 spiro atoms. The number of benzene rings is 2. The lowest BCUT2D eigenvalue weighted by atomic mass is 9.96. The molecule has 0 radical (unpaired) electrons. The minimum absolute atomic E-state index is 0.0518. The van der Waals surface area contributed by atoms with E-state index in [1.807, 2.05) is 40.1 Å². The van der Waals surface area contributed by atoms with Crippen LogP contribution >= 0.6 is 0 Å². The third-order valence-electron chi connectivity index (χ3n) is 6.87. The summed E-state index contributed by atoms with van der Waals surface area (Å²) in [5.74, 6) is 1.11. The Morgan fingerprint density at radius 1 is 1.06 bits per heavy atom. The highest BCUT2D eigenvalue weighted by Crippen LogP contribution is 2.34. The van der Waals surface area contributed by atoms with Crippen molar-refractivity contribution in [2.45, 2.75) is 32.6 Å². The van der Waals surface area contributed by atoms with Crippen LogP contribution in [0.1, 0.15) is 38.2 Å². The monoisotopic (exact) mass is 435 g/mol. The summed E-state index contributed by atoms with van der Waals surface area (Å²) < 4.78 is 5.24. The van der Waals surface area contributed by atoms with Gasteiger partial charge < -0.3 is 19.4 Å². The molecule has 0 saturated carbocycles. The highest BCUT2D eigenvalue weighted by atomic mass is 16.5. The quantitative estimate of drug-likeness (QED) is 0.690. The van der Waals surface area contributed by atoms with Gasteiger partial charge in [0.15, 0.2) is 0 Å². The first kappa shape index (κ1) is 22.2. The zero-order chi connectivity index (χ0) is 22.7. The molecular weight excluding hydrogens is 402 g/mol. The van der Waals surface area contributed by atoms with E-state index in [1.165, 1.54) is 5.56 Å². The lowest BCUT2D eigenvalue weighted by Crippen LogP contribution is -2.50. The van der Waals surface area contributed by atoms with Gasteiger partial charge in [0.05, 0.1) is 13.0 Å². The largest absolute Gasteiger partial charge is 0.497 e. The summed E-state index contributed by atoms with van der Waals surface area (Å²) in [4.78, 5) is 32.2. The van der Waals surface area contributed by atoms with Gasteiger partial charge in [0, 0.05) is 50.5 Å². The molecule has 170 valence electrons. The zero-order valence-electron chi connectivity index (χ0n) is 19.3. The van der Waals surface area contributed by atoms with Gasteiger partial charge in [0.1, 0.15) is 5.75 Å². The lowest BCUT2D eigenvalue weighted by Gasteiger charge is -2.37. The second-order valence-corrected chi connectivity index (χ2v) is 8.78. The predicted molar refractivity (Wildman–Crippen MR) is 127 cm³/mol. The van der Waals surface area contributed by atoms with Gasteiger partial charge in [-0.15, -0.1) is 0 Å². The van der Waals surface area contributed by atoms with Crippen LogP contribution in [0.15, 0.2) is 48.5 Å². The molecule has 2 amide bonds. The Labute approximate surface area is 190 Å². The third kappa shape index (κ3) is 4.45. The predicted octanol–water partition coefficient (Wildman–Crippen LogP) is 3.91. The maximum Gasteiger partial charge on any atom is 0.228 e. The average molecular weight is 436 g/mol. The Hall–Kier alpha value is -3.02. The van der Waals surface area contributed by atoms with Crippen LogP contribution in [0.2, 0.25) is 0 Å². The summed E-state index contributed by atoms with van der Waals surface area (Å²) in [6.45, 7) is 7.76. The molecule has 32 heavy (non-hydrogen) atoms. The number of carbonyl (C=O) groups excluding carboxylic acids is 2. The van der Waals surface area contributed by atoms with Gasteiger partial charge in [-0.3, -0.25) is 9.59 Å². The van der Waals surface area contributed by atoms with Gasteiger partial charge in [-0.05, 0) is 48.2 Å². The summed E-state index contributed by atoms with van der Waals surface area (Å²) >= 11 is 0. The first-order valence-corrected chi connectivity index (χ1v) is 11.6. The Kier molecular flexibility index (Phi) is 6.68.